The van der Waals surface area contributed by atoms with Crippen molar-refractivity contribution in [1.29, 1.82) is 0 Å². The van der Waals surface area contributed by atoms with Crippen molar-refractivity contribution >= 4 is 69.0 Å². The first kappa shape index (κ1) is 15.8. The quantitative estimate of drug-likeness (QED) is 0.400. The van der Waals surface area contributed by atoms with Gasteiger partial charge in [-0.1, -0.05) is 34.8 Å². The fourth-order valence-electron chi connectivity index (χ4n) is 1.41. The van der Waals surface area contributed by atoms with Gasteiger partial charge in [0.1, 0.15) is 0 Å². The van der Waals surface area contributed by atoms with Crippen molar-refractivity contribution in [2.75, 3.05) is 5.32 Å². The third kappa shape index (κ3) is 3.16. The molecule has 0 aliphatic rings. The highest BCUT2D eigenvalue weighted by Gasteiger charge is 2.17. The molecule has 0 unspecified atom stereocenters. The lowest BCUT2D eigenvalue weighted by Gasteiger charge is -2.09. The minimum atomic E-state index is -0.810. The van der Waals surface area contributed by atoms with Gasteiger partial charge in [-0.2, -0.15) is 0 Å². The Morgan fingerprint density at radius 2 is 1.90 bits per heavy atom. The van der Waals surface area contributed by atoms with Gasteiger partial charge in [0.15, 0.2) is 11.0 Å². The minimum Gasteiger partial charge on any atom is -0.319 e. The van der Waals surface area contributed by atoms with Crippen LogP contribution >= 0.6 is 57.4 Å². The number of halogens is 5. The number of rotatable bonds is 2. The molecule has 2 rings (SSSR count). The maximum Gasteiger partial charge on any atom is 0.257 e. The molecule has 1 N–H and O–H groups in total. The lowest BCUT2D eigenvalue weighted by molar-refractivity contribution is 0.102. The van der Waals surface area contributed by atoms with Crippen LogP contribution in [0.5, 0.6) is 0 Å². The average Bonchev–Trinajstić information content (AvgIpc) is 2.41. The maximum absolute atomic E-state index is 13.7. The van der Waals surface area contributed by atoms with E-state index in [0.717, 1.165) is 0 Å². The third-order valence-electron chi connectivity index (χ3n) is 2.37. The number of carbonyl (C=O) groups excluding carboxylic acids is 1. The second kappa shape index (κ2) is 6.43. The van der Waals surface area contributed by atoms with E-state index in [4.69, 9.17) is 34.8 Å². The van der Waals surface area contributed by atoms with Crippen molar-refractivity contribution in [3.8, 4) is 0 Å². The van der Waals surface area contributed by atoms with Gasteiger partial charge in [0, 0.05) is 9.77 Å². The molecule has 0 aliphatic heterocycles. The molecule has 0 saturated carbocycles. The summed E-state index contributed by atoms with van der Waals surface area (Å²) < 4.78 is 14.4. The number of aromatic nitrogens is 1. The zero-order valence-corrected chi connectivity index (χ0v) is 14.0. The number of carbonyl (C=O) groups is 1. The van der Waals surface area contributed by atoms with E-state index in [9.17, 15) is 9.18 Å². The summed E-state index contributed by atoms with van der Waals surface area (Å²) in [6.45, 7) is 0. The molecule has 1 amide bonds. The number of nitrogens with zero attached hydrogens (tertiary/aromatic N) is 1. The fraction of sp³-hybridized carbons (Fsp3) is 0. The Bertz CT molecular complexity index is 697. The van der Waals surface area contributed by atoms with Crippen LogP contribution in [0.2, 0.25) is 15.2 Å². The van der Waals surface area contributed by atoms with E-state index < -0.39 is 11.7 Å². The summed E-state index contributed by atoms with van der Waals surface area (Å²) in [5, 5.41) is 2.43. The monoisotopic (exact) mass is 444 g/mol. The van der Waals surface area contributed by atoms with Gasteiger partial charge in [0.25, 0.3) is 5.91 Å². The van der Waals surface area contributed by atoms with Crippen molar-refractivity contribution in [2.45, 2.75) is 0 Å². The predicted octanol–water partition coefficient (Wildman–Crippen LogP) is 5.04. The fourth-order valence-corrected chi connectivity index (χ4v) is 2.59. The highest BCUT2D eigenvalue weighted by Crippen LogP contribution is 2.31. The molecule has 2 aromatic rings. The summed E-state index contributed by atoms with van der Waals surface area (Å²) in [4.78, 5) is 15.6. The topological polar surface area (TPSA) is 42.0 Å². The molecule has 0 atom stereocenters. The second-order valence-electron chi connectivity index (χ2n) is 3.64. The standard InChI is InChI=1S/C12H5Cl3FIN2O/c13-8-5(1-2-6(17)9(8)14)12(20)19-7-3-4-18-11(15)10(7)16/h1-4H,(H,18,19,20). The SMILES string of the molecule is O=C(Nc1ccnc(Cl)c1F)c1ccc(I)c(Cl)c1Cl. The summed E-state index contributed by atoms with van der Waals surface area (Å²) >= 11 is 19.5. The van der Waals surface area contributed by atoms with Gasteiger partial charge in [-0.15, -0.1) is 0 Å². The molecule has 0 radical (unpaired) electrons. The average molecular weight is 445 g/mol. The predicted molar refractivity (Wildman–Crippen MR) is 86.3 cm³/mol. The van der Waals surface area contributed by atoms with Gasteiger partial charge in [0.2, 0.25) is 0 Å². The van der Waals surface area contributed by atoms with Crippen molar-refractivity contribution in [1.82, 2.24) is 4.98 Å². The Morgan fingerprint density at radius 1 is 1.20 bits per heavy atom. The summed E-state index contributed by atoms with van der Waals surface area (Å²) in [6.07, 6.45) is 1.28. The molecule has 1 aromatic carbocycles. The molecule has 8 heteroatoms. The lowest BCUT2D eigenvalue weighted by Crippen LogP contribution is -2.14. The largest absolute Gasteiger partial charge is 0.319 e. The second-order valence-corrected chi connectivity index (χ2v) is 5.92. The molecular formula is C12H5Cl3FIN2O. The zero-order chi connectivity index (χ0) is 14.9. The molecule has 3 nitrogen and oxygen atoms in total. The zero-order valence-electron chi connectivity index (χ0n) is 9.55. The van der Waals surface area contributed by atoms with E-state index in [2.05, 4.69) is 10.3 Å². The third-order valence-corrected chi connectivity index (χ3v) is 4.74. The van der Waals surface area contributed by atoms with Crippen molar-refractivity contribution < 1.29 is 9.18 Å². The number of hydrogen-bond acceptors (Lipinski definition) is 2. The van der Waals surface area contributed by atoms with Gasteiger partial charge >= 0.3 is 0 Å². The summed E-state index contributed by atoms with van der Waals surface area (Å²) in [6, 6.07) is 4.44. The van der Waals surface area contributed by atoms with Crippen LogP contribution in [0.3, 0.4) is 0 Å². The molecule has 20 heavy (non-hydrogen) atoms. The summed E-state index contributed by atoms with van der Waals surface area (Å²) in [7, 11) is 0. The Morgan fingerprint density at radius 3 is 2.60 bits per heavy atom. The van der Waals surface area contributed by atoms with Gasteiger partial charge in [0.05, 0.1) is 21.3 Å². The number of anilines is 1. The number of benzene rings is 1. The van der Waals surface area contributed by atoms with Crippen LogP contribution in [0, 0.1) is 9.39 Å². The van der Waals surface area contributed by atoms with Crippen LogP contribution in [-0.2, 0) is 0 Å². The van der Waals surface area contributed by atoms with Gasteiger partial charge in [-0.3, -0.25) is 4.79 Å². The summed E-state index contributed by atoms with van der Waals surface area (Å²) in [5.74, 6) is -1.40. The van der Waals surface area contributed by atoms with Gasteiger partial charge in [-0.25, -0.2) is 9.37 Å². The Hall–Kier alpha value is -0.630. The van der Waals surface area contributed by atoms with Gasteiger partial charge < -0.3 is 5.32 Å². The van der Waals surface area contributed by atoms with Crippen LogP contribution in [0.15, 0.2) is 24.4 Å². The molecule has 0 bridgehead atoms. The van der Waals surface area contributed by atoms with Crippen molar-refractivity contribution in [3.05, 3.63) is 54.5 Å². The van der Waals surface area contributed by atoms with E-state index in [-0.39, 0.29) is 26.4 Å². The van der Waals surface area contributed by atoms with Crippen LogP contribution in [0.1, 0.15) is 10.4 Å². The smallest absolute Gasteiger partial charge is 0.257 e. The lowest BCUT2D eigenvalue weighted by atomic mass is 10.2. The highest BCUT2D eigenvalue weighted by molar-refractivity contribution is 14.1. The first-order valence-electron chi connectivity index (χ1n) is 5.16. The summed E-state index contributed by atoms with van der Waals surface area (Å²) in [5.41, 5.74) is 0.0603. The van der Waals surface area contributed by atoms with Crippen LogP contribution in [0.25, 0.3) is 0 Å². The van der Waals surface area contributed by atoms with Crippen molar-refractivity contribution in [2.24, 2.45) is 0 Å². The number of nitrogens with one attached hydrogen (secondary N) is 1. The van der Waals surface area contributed by atoms with E-state index in [0.29, 0.717) is 3.57 Å². The Balaban J connectivity index is 2.34. The van der Waals surface area contributed by atoms with E-state index in [1.807, 2.05) is 22.6 Å². The van der Waals surface area contributed by atoms with E-state index in [1.165, 1.54) is 18.3 Å². The molecule has 1 aromatic heterocycles. The molecule has 104 valence electrons. The number of pyridine rings is 1. The Kier molecular flexibility index (Phi) is 5.06. The molecular weight excluding hydrogens is 440 g/mol. The van der Waals surface area contributed by atoms with E-state index >= 15 is 0 Å². The molecule has 0 fully saturated rings. The van der Waals surface area contributed by atoms with Crippen molar-refractivity contribution in [3.63, 3.8) is 0 Å². The molecule has 1 heterocycles. The van der Waals surface area contributed by atoms with Crippen LogP contribution in [0.4, 0.5) is 10.1 Å². The molecule has 0 spiro atoms. The normalized spacial score (nSPS) is 10.4. The highest BCUT2D eigenvalue weighted by atomic mass is 127. The molecule has 0 saturated heterocycles. The van der Waals surface area contributed by atoms with Crippen LogP contribution < -0.4 is 5.32 Å². The minimum absolute atomic E-state index is 0.0826. The first-order chi connectivity index (χ1) is 9.41. The Labute approximate surface area is 142 Å². The maximum atomic E-state index is 13.7. The van der Waals surface area contributed by atoms with E-state index in [1.54, 1.807) is 6.07 Å². The first-order valence-corrected chi connectivity index (χ1v) is 7.38. The number of hydrogen-bond donors (Lipinski definition) is 1. The number of amides is 1. The van der Waals surface area contributed by atoms with Crippen LogP contribution in [-0.4, -0.2) is 10.9 Å². The van der Waals surface area contributed by atoms with Gasteiger partial charge in [-0.05, 0) is 40.8 Å². The molecule has 0 aliphatic carbocycles.